The van der Waals surface area contributed by atoms with Gasteiger partial charge in [-0.3, -0.25) is 0 Å². The monoisotopic (exact) mass is 208 g/mol. The van der Waals surface area contributed by atoms with Gasteiger partial charge in [0.05, 0.1) is 0 Å². The lowest BCUT2D eigenvalue weighted by atomic mass is 10.0. The molecule has 1 rings (SSSR count). The standard InChI is InChI=1S/C13H24N2/c1-11-7-4-3-5-9-13(11)15-10-6-8-12(2)14/h6,10,12-13,15H,1,3-5,7-9,14H2,2H3/b10-6+/t12-,13?/m1/s1. The maximum absolute atomic E-state index is 5.67. The van der Waals surface area contributed by atoms with Crippen molar-refractivity contribution in [2.75, 3.05) is 0 Å². The van der Waals surface area contributed by atoms with Crippen LogP contribution in [0.2, 0.25) is 0 Å². The maximum Gasteiger partial charge on any atom is 0.0465 e. The smallest absolute Gasteiger partial charge is 0.0465 e. The van der Waals surface area contributed by atoms with Crippen molar-refractivity contribution in [1.82, 2.24) is 5.32 Å². The SMILES string of the molecule is C=C1CCCCCC1N/C=C/C[C@@H](C)N. The lowest BCUT2D eigenvalue weighted by molar-refractivity contribution is 0.594. The second kappa shape index (κ2) is 6.67. The van der Waals surface area contributed by atoms with E-state index in [9.17, 15) is 0 Å². The average molecular weight is 208 g/mol. The zero-order valence-electron chi connectivity index (χ0n) is 9.84. The first kappa shape index (κ1) is 12.3. The van der Waals surface area contributed by atoms with E-state index in [2.05, 4.69) is 18.0 Å². The summed E-state index contributed by atoms with van der Waals surface area (Å²) in [5.74, 6) is 0. The predicted molar refractivity (Wildman–Crippen MR) is 66.6 cm³/mol. The molecule has 1 unspecified atom stereocenters. The summed E-state index contributed by atoms with van der Waals surface area (Å²) >= 11 is 0. The summed E-state index contributed by atoms with van der Waals surface area (Å²) in [6.45, 7) is 6.17. The normalized spacial score (nSPS) is 25.2. The molecule has 0 aromatic carbocycles. The maximum atomic E-state index is 5.67. The molecule has 0 heterocycles. The van der Waals surface area contributed by atoms with Crippen LogP contribution in [-0.2, 0) is 0 Å². The largest absolute Gasteiger partial charge is 0.385 e. The number of hydrogen-bond donors (Lipinski definition) is 2. The Morgan fingerprint density at radius 2 is 2.33 bits per heavy atom. The third-order valence-corrected chi connectivity index (χ3v) is 2.91. The van der Waals surface area contributed by atoms with Gasteiger partial charge in [-0.2, -0.15) is 0 Å². The molecule has 2 atom stereocenters. The van der Waals surface area contributed by atoms with Gasteiger partial charge < -0.3 is 11.1 Å². The van der Waals surface area contributed by atoms with Crippen LogP contribution in [-0.4, -0.2) is 12.1 Å². The molecule has 3 N–H and O–H groups in total. The van der Waals surface area contributed by atoms with Crippen LogP contribution < -0.4 is 11.1 Å². The predicted octanol–water partition coefficient (Wildman–Crippen LogP) is 2.72. The Balaban J connectivity index is 2.29. The summed E-state index contributed by atoms with van der Waals surface area (Å²) in [6.07, 6.45) is 11.5. The molecule has 2 nitrogen and oxygen atoms in total. The molecule has 1 aliphatic rings. The molecule has 0 aliphatic heterocycles. The van der Waals surface area contributed by atoms with Gasteiger partial charge in [-0.15, -0.1) is 0 Å². The topological polar surface area (TPSA) is 38.0 Å². The van der Waals surface area contributed by atoms with Crippen LogP contribution in [0.4, 0.5) is 0 Å². The van der Waals surface area contributed by atoms with Crippen LogP contribution in [0, 0.1) is 0 Å². The van der Waals surface area contributed by atoms with E-state index >= 15 is 0 Å². The second-order valence-electron chi connectivity index (χ2n) is 4.59. The molecule has 15 heavy (non-hydrogen) atoms. The van der Waals surface area contributed by atoms with Gasteiger partial charge in [-0.1, -0.05) is 31.1 Å². The van der Waals surface area contributed by atoms with E-state index in [1.807, 2.05) is 13.1 Å². The van der Waals surface area contributed by atoms with Gasteiger partial charge in [-0.25, -0.2) is 0 Å². The fourth-order valence-corrected chi connectivity index (χ4v) is 1.92. The fraction of sp³-hybridized carbons (Fsp3) is 0.692. The highest BCUT2D eigenvalue weighted by molar-refractivity contribution is 5.08. The Morgan fingerprint density at radius 1 is 1.53 bits per heavy atom. The molecule has 0 aromatic heterocycles. The first-order chi connectivity index (χ1) is 7.20. The van der Waals surface area contributed by atoms with E-state index in [0.29, 0.717) is 6.04 Å². The zero-order chi connectivity index (χ0) is 11.1. The van der Waals surface area contributed by atoms with E-state index in [1.54, 1.807) is 0 Å². The van der Waals surface area contributed by atoms with Gasteiger partial charge in [-0.05, 0) is 38.8 Å². The number of nitrogens with one attached hydrogen (secondary N) is 1. The molecule has 1 saturated carbocycles. The summed E-state index contributed by atoms with van der Waals surface area (Å²) in [6, 6.07) is 0.734. The highest BCUT2D eigenvalue weighted by Crippen LogP contribution is 2.21. The van der Waals surface area contributed by atoms with Crippen molar-refractivity contribution in [3.05, 3.63) is 24.4 Å². The third kappa shape index (κ3) is 5.03. The molecule has 0 amide bonds. The van der Waals surface area contributed by atoms with Crippen molar-refractivity contribution >= 4 is 0 Å². The van der Waals surface area contributed by atoms with Gasteiger partial charge in [0.1, 0.15) is 0 Å². The quantitative estimate of drug-likeness (QED) is 0.550. The Hall–Kier alpha value is -0.760. The number of rotatable bonds is 4. The van der Waals surface area contributed by atoms with Crippen LogP contribution >= 0.6 is 0 Å². The molecule has 1 fully saturated rings. The number of hydrogen-bond acceptors (Lipinski definition) is 2. The Morgan fingerprint density at radius 3 is 3.07 bits per heavy atom. The minimum atomic E-state index is 0.250. The Labute approximate surface area is 93.6 Å². The van der Waals surface area contributed by atoms with Crippen molar-refractivity contribution in [2.24, 2.45) is 5.73 Å². The van der Waals surface area contributed by atoms with Crippen molar-refractivity contribution in [2.45, 2.75) is 57.5 Å². The van der Waals surface area contributed by atoms with Crippen LogP contribution in [0.25, 0.3) is 0 Å². The molecule has 86 valence electrons. The third-order valence-electron chi connectivity index (χ3n) is 2.91. The van der Waals surface area contributed by atoms with E-state index in [-0.39, 0.29) is 6.04 Å². The molecule has 0 bridgehead atoms. The molecule has 0 radical (unpaired) electrons. The summed E-state index contributed by atoms with van der Waals surface area (Å²) in [5, 5.41) is 3.43. The summed E-state index contributed by atoms with van der Waals surface area (Å²) in [4.78, 5) is 0. The second-order valence-corrected chi connectivity index (χ2v) is 4.59. The van der Waals surface area contributed by atoms with Crippen molar-refractivity contribution in [1.29, 1.82) is 0 Å². The Bertz CT molecular complexity index is 219. The first-order valence-corrected chi connectivity index (χ1v) is 6.04. The summed E-state index contributed by atoms with van der Waals surface area (Å²) in [7, 11) is 0. The van der Waals surface area contributed by atoms with Crippen LogP contribution in [0.3, 0.4) is 0 Å². The van der Waals surface area contributed by atoms with E-state index in [1.165, 1.54) is 37.7 Å². The van der Waals surface area contributed by atoms with Gasteiger partial charge in [0.2, 0.25) is 0 Å². The summed E-state index contributed by atoms with van der Waals surface area (Å²) in [5.41, 5.74) is 7.03. The molecule has 2 heteroatoms. The lowest BCUT2D eigenvalue weighted by Crippen LogP contribution is -2.25. The molecule has 0 saturated heterocycles. The highest BCUT2D eigenvalue weighted by atomic mass is 14.9. The lowest BCUT2D eigenvalue weighted by Gasteiger charge is -2.17. The first-order valence-electron chi connectivity index (χ1n) is 6.04. The van der Waals surface area contributed by atoms with Crippen molar-refractivity contribution < 1.29 is 0 Å². The van der Waals surface area contributed by atoms with Crippen LogP contribution in [0.15, 0.2) is 24.4 Å². The van der Waals surface area contributed by atoms with Crippen molar-refractivity contribution in [3.8, 4) is 0 Å². The van der Waals surface area contributed by atoms with Gasteiger partial charge >= 0.3 is 0 Å². The van der Waals surface area contributed by atoms with Gasteiger partial charge in [0, 0.05) is 12.1 Å². The van der Waals surface area contributed by atoms with Gasteiger partial charge in [0.15, 0.2) is 0 Å². The minimum absolute atomic E-state index is 0.250. The van der Waals surface area contributed by atoms with Crippen molar-refractivity contribution in [3.63, 3.8) is 0 Å². The molecular weight excluding hydrogens is 184 g/mol. The van der Waals surface area contributed by atoms with Crippen LogP contribution in [0.5, 0.6) is 0 Å². The zero-order valence-corrected chi connectivity index (χ0v) is 9.84. The van der Waals surface area contributed by atoms with Crippen LogP contribution in [0.1, 0.15) is 45.4 Å². The molecule has 0 aromatic rings. The van der Waals surface area contributed by atoms with Gasteiger partial charge in [0.25, 0.3) is 0 Å². The van der Waals surface area contributed by atoms with E-state index in [4.69, 9.17) is 5.73 Å². The van der Waals surface area contributed by atoms with E-state index in [0.717, 1.165) is 6.42 Å². The molecule has 0 spiro atoms. The fourth-order valence-electron chi connectivity index (χ4n) is 1.92. The molecular formula is C13H24N2. The average Bonchev–Trinajstić information content (AvgIpc) is 2.38. The minimum Gasteiger partial charge on any atom is -0.385 e. The number of nitrogens with two attached hydrogens (primary N) is 1. The highest BCUT2D eigenvalue weighted by Gasteiger charge is 2.13. The van der Waals surface area contributed by atoms with E-state index < -0.39 is 0 Å². The summed E-state index contributed by atoms with van der Waals surface area (Å²) < 4.78 is 0. The molecule has 1 aliphatic carbocycles. The Kier molecular flexibility index (Phi) is 5.48.